The lowest BCUT2D eigenvalue weighted by Gasteiger charge is -2.35. The molecule has 0 spiro atoms. The smallest absolute Gasteiger partial charge is 0.185 e. The number of aliphatic hydroxyl groups excluding tert-OH is 1. The third kappa shape index (κ3) is 2.72. The maximum absolute atomic E-state index is 9.26. The fraction of sp³-hybridized carbons (Fsp3) is 0.385. The molecule has 0 radical (unpaired) electrons. The van der Waals surface area contributed by atoms with E-state index in [0.29, 0.717) is 5.02 Å². The Morgan fingerprint density at radius 3 is 2.60 bits per heavy atom. The van der Waals surface area contributed by atoms with E-state index in [-0.39, 0.29) is 6.61 Å². The summed E-state index contributed by atoms with van der Waals surface area (Å²) < 4.78 is 0. The van der Waals surface area contributed by atoms with E-state index in [4.69, 9.17) is 11.6 Å². The van der Waals surface area contributed by atoms with E-state index in [1.807, 2.05) is 17.6 Å². The van der Waals surface area contributed by atoms with Crippen LogP contribution in [0.5, 0.6) is 0 Å². The molecule has 1 saturated heterocycles. The summed E-state index contributed by atoms with van der Waals surface area (Å²) in [7, 11) is 0. The second-order valence-electron chi connectivity index (χ2n) is 4.58. The molecule has 106 valence electrons. The highest BCUT2D eigenvalue weighted by Crippen LogP contribution is 2.23. The molecule has 1 N–H and O–H groups in total. The lowest BCUT2D eigenvalue weighted by molar-refractivity contribution is 0.282. The van der Waals surface area contributed by atoms with E-state index in [2.05, 4.69) is 19.8 Å². The molecule has 5 nitrogen and oxygen atoms in total. The Morgan fingerprint density at radius 2 is 1.95 bits per heavy atom. The van der Waals surface area contributed by atoms with Gasteiger partial charge in [0.1, 0.15) is 5.82 Å². The number of nitrogens with zero attached hydrogens (tertiary/aromatic N) is 4. The number of piperazine rings is 1. The minimum absolute atomic E-state index is 0.0621. The van der Waals surface area contributed by atoms with Crippen molar-refractivity contribution < 1.29 is 5.11 Å². The van der Waals surface area contributed by atoms with Crippen molar-refractivity contribution in [1.29, 1.82) is 0 Å². The van der Waals surface area contributed by atoms with Crippen molar-refractivity contribution in [3.05, 3.63) is 34.4 Å². The monoisotopic (exact) mass is 310 g/mol. The molecule has 20 heavy (non-hydrogen) atoms. The number of halogens is 1. The first-order valence-corrected chi connectivity index (χ1v) is 7.68. The van der Waals surface area contributed by atoms with Crippen molar-refractivity contribution in [3.8, 4) is 0 Å². The van der Waals surface area contributed by atoms with E-state index in [1.165, 1.54) is 0 Å². The van der Waals surface area contributed by atoms with E-state index in [1.54, 1.807) is 17.5 Å². The number of aliphatic hydroxyl groups is 1. The second kappa shape index (κ2) is 5.95. The van der Waals surface area contributed by atoms with Gasteiger partial charge < -0.3 is 14.9 Å². The van der Waals surface area contributed by atoms with Crippen LogP contribution in [0.1, 0.15) is 5.56 Å². The van der Waals surface area contributed by atoms with Crippen LogP contribution in [0.3, 0.4) is 0 Å². The van der Waals surface area contributed by atoms with Gasteiger partial charge in [0.05, 0.1) is 11.6 Å². The van der Waals surface area contributed by atoms with Gasteiger partial charge in [-0.3, -0.25) is 0 Å². The van der Waals surface area contributed by atoms with E-state index < -0.39 is 0 Å². The second-order valence-corrected chi connectivity index (χ2v) is 5.86. The van der Waals surface area contributed by atoms with Gasteiger partial charge in [0.15, 0.2) is 5.13 Å². The summed E-state index contributed by atoms with van der Waals surface area (Å²) in [6.45, 7) is 3.56. The van der Waals surface area contributed by atoms with Crippen molar-refractivity contribution in [3.63, 3.8) is 0 Å². The van der Waals surface area contributed by atoms with Gasteiger partial charge in [-0.05, 0) is 6.07 Å². The van der Waals surface area contributed by atoms with Crippen LogP contribution in [0, 0.1) is 0 Å². The summed E-state index contributed by atoms with van der Waals surface area (Å²) in [5.74, 6) is 0.872. The molecule has 0 aromatic carbocycles. The maximum Gasteiger partial charge on any atom is 0.185 e. The highest BCUT2D eigenvalue weighted by atomic mass is 35.5. The van der Waals surface area contributed by atoms with Gasteiger partial charge in [-0.1, -0.05) is 11.6 Å². The van der Waals surface area contributed by atoms with Crippen LogP contribution in [0.25, 0.3) is 0 Å². The molecule has 0 atom stereocenters. The molecule has 3 rings (SSSR count). The molecule has 7 heteroatoms. The first-order chi connectivity index (χ1) is 9.78. The lowest BCUT2D eigenvalue weighted by atomic mass is 10.2. The quantitative estimate of drug-likeness (QED) is 0.940. The van der Waals surface area contributed by atoms with Crippen molar-refractivity contribution in [2.75, 3.05) is 36.0 Å². The minimum atomic E-state index is -0.0621. The predicted octanol–water partition coefficient (Wildman–Crippen LogP) is 2.01. The predicted molar refractivity (Wildman–Crippen MR) is 81.7 cm³/mol. The Kier molecular flexibility index (Phi) is 4.05. The number of hydrogen-bond acceptors (Lipinski definition) is 6. The number of rotatable bonds is 3. The van der Waals surface area contributed by atoms with Gasteiger partial charge in [-0.25, -0.2) is 9.97 Å². The summed E-state index contributed by atoms with van der Waals surface area (Å²) in [6, 6.07) is 1.86. The molecular weight excluding hydrogens is 296 g/mol. The first kappa shape index (κ1) is 13.6. The highest BCUT2D eigenvalue weighted by molar-refractivity contribution is 7.13. The standard InChI is InChI=1S/C13H15ClN4OS/c14-11-8-16-12(7-10(11)9-19)17-2-4-18(5-3-17)13-15-1-6-20-13/h1,6-8,19H,2-5,9H2. The van der Waals surface area contributed by atoms with Crippen molar-refractivity contribution in [1.82, 2.24) is 9.97 Å². The van der Waals surface area contributed by atoms with Gasteiger partial charge in [0.25, 0.3) is 0 Å². The molecule has 2 aromatic rings. The Balaban J connectivity index is 1.69. The SMILES string of the molecule is OCc1cc(N2CCN(c3nccs3)CC2)ncc1Cl. The lowest BCUT2D eigenvalue weighted by Crippen LogP contribution is -2.46. The molecule has 2 aromatic heterocycles. The third-order valence-corrected chi connectivity index (χ3v) is 4.56. The number of anilines is 2. The number of hydrogen-bond donors (Lipinski definition) is 1. The van der Waals surface area contributed by atoms with Crippen LogP contribution in [0.4, 0.5) is 10.9 Å². The zero-order chi connectivity index (χ0) is 13.9. The average molecular weight is 311 g/mol. The fourth-order valence-electron chi connectivity index (χ4n) is 2.26. The molecule has 0 bridgehead atoms. The summed E-state index contributed by atoms with van der Waals surface area (Å²) in [5.41, 5.74) is 0.721. The van der Waals surface area contributed by atoms with E-state index >= 15 is 0 Å². The zero-order valence-corrected chi connectivity index (χ0v) is 12.4. The van der Waals surface area contributed by atoms with Crippen molar-refractivity contribution >= 4 is 33.9 Å². The largest absolute Gasteiger partial charge is 0.392 e. The molecule has 0 aliphatic carbocycles. The van der Waals surface area contributed by atoms with Crippen LogP contribution in [0.2, 0.25) is 5.02 Å². The molecule has 0 unspecified atom stereocenters. The molecule has 0 saturated carbocycles. The molecule has 1 fully saturated rings. The van der Waals surface area contributed by atoms with Crippen LogP contribution >= 0.6 is 22.9 Å². The Morgan fingerprint density at radius 1 is 1.20 bits per heavy atom. The normalized spacial score (nSPS) is 15.7. The third-order valence-electron chi connectivity index (χ3n) is 3.38. The first-order valence-electron chi connectivity index (χ1n) is 6.42. The molecule has 3 heterocycles. The highest BCUT2D eigenvalue weighted by Gasteiger charge is 2.20. The summed E-state index contributed by atoms with van der Waals surface area (Å²) in [4.78, 5) is 13.2. The molecule has 1 aliphatic rings. The number of aromatic nitrogens is 2. The van der Waals surface area contributed by atoms with Crippen molar-refractivity contribution in [2.45, 2.75) is 6.61 Å². The Labute approximate surface area is 126 Å². The maximum atomic E-state index is 9.26. The van der Waals surface area contributed by atoms with Crippen LogP contribution in [-0.4, -0.2) is 41.3 Å². The van der Waals surface area contributed by atoms with Crippen LogP contribution in [0.15, 0.2) is 23.8 Å². The molecule has 1 aliphatic heterocycles. The molecule has 0 amide bonds. The zero-order valence-electron chi connectivity index (χ0n) is 10.9. The topological polar surface area (TPSA) is 52.5 Å². The summed E-state index contributed by atoms with van der Waals surface area (Å²) >= 11 is 7.63. The van der Waals surface area contributed by atoms with Crippen LogP contribution < -0.4 is 9.80 Å². The van der Waals surface area contributed by atoms with E-state index in [0.717, 1.165) is 42.7 Å². The van der Waals surface area contributed by atoms with Crippen LogP contribution in [-0.2, 0) is 6.61 Å². The minimum Gasteiger partial charge on any atom is -0.392 e. The molecular formula is C13H15ClN4OS. The fourth-order valence-corrected chi connectivity index (χ4v) is 3.12. The van der Waals surface area contributed by atoms with Crippen molar-refractivity contribution in [2.24, 2.45) is 0 Å². The number of pyridine rings is 1. The summed E-state index contributed by atoms with van der Waals surface area (Å²) in [6.07, 6.45) is 3.44. The van der Waals surface area contributed by atoms with E-state index in [9.17, 15) is 5.11 Å². The van der Waals surface area contributed by atoms with Gasteiger partial charge in [0, 0.05) is 49.5 Å². The number of thiazole rings is 1. The van der Waals surface area contributed by atoms with Gasteiger partial charge in [0.2, 0.25) is 0 Å². The summed E-state index contributed by atoms with van der Waals surface area (Å²) in [5, 5.41) is 12.8. The Bertz CT molecular complexity index is 570. The Hall–Kier alpha value is -1.37. The van der Waals surface area contributed by atoms with Gasteiger partial charge in [-0.15, -0.1) is 11.3 Å². The van der Waals surface area contributed by atoms with Gasteiger partial charge >= 0.3 is 0 Å². The van der Waals surface area contributed by atoms with Gasteiger partial charge in [-0.2, -0.15) is 0 Å². The average Bonchev–Trinajstić information content (AvgIpc) is 3.02.